The van der Waals surface area contributed by atoms with Crippen LogP contribution in [-0.2, 0) is 6.42 Å². The van der Waals surface area contributed by atoms with Gasteiger partial charge in [0.1, 0.15) is 0 Å². The zero-order chi connectivity index (χ0) is 11.3. The maximum absolute atomic E-state index is 6.11. The van der Waals surface area contributed by atoms with Crippen LogP contribution in [-0.4, -0.2) is 31.1 Å². The normalized spacial score (nSPS) is 13.1. The van der Waals surface area contributed by atoms with Crippen LogP contribution in [0, 0.1) is 6.92 Å². The van der Waals surface area contributed by atoms with Gasteiger partial charge in [-0.15, -0.1) is 0 Å². The maximum atomic E-state index is 6.11. The number of benzene rings is 1. The lowest BCUT2D eigenvalue weighted by Gasteiger charge is -2.20. The van der Waals surface area contributed by atoms with Crippen molar-refractivity contribution in [1.29, 1.82) is 0 Å². The van der Waals surface area contributed by atoms with E-state index in [-0.39, 0.29) is 6.04 Å². The summed E-state index contributed by atoms with van der Waals surface area (Å²) >= 11 is 0. The Morgan fingerprint density at radius 2 is 2.00 bits per heavy atom. The number of nitrogens with zero attached hydrogens (tertiary/aromatic N) is 1. The minimum absolute atomic E-state index is 0.232. The molecule has 1 atom stereocenters. The van der Waals surface area contributed by atoms with Crippen molar-refractivity contribution < 1.29 is 0 Å². The second-order valence-corrected chi connectivity index (χ2v) is 4.25. The van der Waals surface area contributed by atoms with E-state index in [1.807, 2.05) is 0 Å². The molecule has 0 bridgehead atoms. The average molecular weight is 206 g/mol. The van der Waals surface area contributed by atoms with Crippen molar-refractivity contribution in [2.75, 3.05) is 20.1 Å². The van der Waals surface area contributed by atoms with Crippen LogP contribution in [0.4, 0.5) is 0 Å². The van der Waals surface area contributed by atoms with E-state index in [2.05, 4.69) is 50.1 Å². The fourth-order valence-corrected chi connectivity index (χ4v) is 1.72. The number of aryl methyl sites for hydroxylation is 1. The molecule has 0 saturated carbocycles. The number of hydrogen-bond donors (Lipinski definition) is 1. The summed E-state index contributed by atoms with van der Waals surface area (Å²) in [5.74, 6) is 0. The lowest BCUT2D eigenvalue weighted by atomic mass is 10.0. The summed E-state index contributed by atoms with van der Waals surface area (Å²) in [5.41, 5.74) is 8.82. The van der Waals surface area contributed by atoms with Crippen molar-refractivity contribution in [1.82, 2.24) is 4.90 Å². The molecule has 1 aromatic carbocycles. The first-order valence-electron chi connectivity index (χ1n) is 5.62. The second kappa shape index (κ2) is 5.89. The molecule has 2 nitrogen and oxygen atoms in total. The largest absolute Gasteiger partial charge is 0.326 e. The van der Waals surface area contributed by atoms with Crippen LogP contribution in [0.2, 0.25) is 0 Å². The number of likely N-dealkylation sites (N-methyl/N-ethyl adjacent to an activating group) is 1. The third-order valence-corrected chi connectivity index (χ3v) is 2.83. The first-order chi connectivity index (χ1) is 7.13. The van der Waals surface area contributed by atoms with Crippen molar-refractivity contribution >= 4 is 0 Å². The molecule has 1 aromatic rings. The van der Waals surface area contributed by atoms with Gasteiger partial charge in [-0.05, 0) is 38.1 Å². The fourth-order valence-electron chi connectivity index (χ4n) is 1.72. The highest BCUT2D eigenvalue weighted by molar-refractivity contribution is 5.26. The van der Waals surface area contributed by atoms with Gasteiger partial charge in [0.15, 0.2) is 0 Å². The highest BCUT2D eigenvalue weighted by Gasteiger charge is 2.07. The van der Waals surface area contributed by atoms with Crippen LogP contribution in [0.25, 0.3) is 0 Å². The molecule has 0 heterocycles. The van der Waals surface area contributed by atoms with Crippen LogP contribution >= 0.6 is 0 Å². The lowest BCUT2D eigenvalue weighted by Crippen LogP contribution is -2.36. The maximum Gasteiger partial charge on any atom is 0.0208 e. The molecule has 0 aliphatic rings. The Kier molecular flexibility index (Phi) is 4.79. The summed E-state index contributed by atoms with van der Waals surface area (Å²) in [5, 5.41) is 0. The lowest BCUT2D eigenvalue weighted by molar-refractivity contribution is 0.325. The molecule has 0 spiro atoms. The number of nitrogens with two attached hydrogens (primary N) is 1. The van der Waals surface area contributed by atoms with Crippen molar-refractivity contribution in [3.8, 4) is 0 Å². The number of hydrogen-bond acceptors (Lipinski definition) is 2. The third-order valence-electron chi connectivity index (χ3n) is 2.83. The average Bonchev–Trinajstić information content (AvgIpc) is 2.21. The Balaban J connectivity index is 2.51. The van der Waals surface area contributed by atoms with Gasteiger partial charge in [0.25, 0.3) is 0 Å². The Morgan fingerprint density at radius 1 is 1.33 bits per heavy atom. The molecule has 1 rings (SSSR count). The van der Waals surface area contributed by atoms with Crippen LogP contribution < -0.4 is 5.73 Å². The molecule has 0 saturated heterocycles. The van der Waals surface area contributed by atoms with Gasteiger partial charge in [-0.25, -0.2) is 0 Å². The van der Waals surface area contributed by atoms with E-state index in [4.69, 9.17) is 5.73 Å². The molecular formula is C13H22N2. The quantitative estimate of drug-likeness (QED) is 0.796. The minimum Gasteiger partial charge on any atom is -0.326 e. The summed E-state index contributed by atoms with van der Waals surface area (Å²) in [4.78, 5) is 2.25. The van der Waals surface area contributed by atoms with Crippen molar-refractivity contribution in [3.63, 3.8) is 0 Å². The summed E-state index contributed by atoms with van der Waals surface area (Å²) in [6.07, 6.45) is 0.969. The highest BCUT2D eigenvalue weighted by atomic mass is 15.1. The first kappa shape index (κ1) is 12.2. The predicted octanol–water partition coefficient (Wildman–Crippen LogP) is 1.82. The van der Waals surface area contributed by atoms with Gasteiger partial charge in [-0.1, -0.05) is 31.2 Å². The molecule has 2 heteroatoms. The Labute approximate surface area is 93.1 Å². The van der Waals surface area contributed by atoms with Crippen LogP contribution in [0.5, 0.6) is 0 Å². The highest BCUT2D eigenvalue weighted by Crippen LogP contribution is 2.09. The van der Waals surface area contributed by atoms with Gasteiger partial charge in [0.05, 0.1) is 0 Å². The standard InChI is InChI=1S/C13H22N2/c1-4-15(3)10-13(14)9-12-8-6-5-7-11(12)2/h5-8,13H,4,9-10,14H2,1-3H3/t13-/m1/s1. The van der Waals surface area contributed by atoms with Crippen LogP contribution in [0.15, 0.2) is 24.3 Å². The topological polar surface area (TPSA) is 29.3 Å². The molecular weight excluding hydrogens is 184 g/mol. The van der Waals surface area contributed by atoms with E-state index in [1.165, 1.54) is 11.1 Å². The summed E-state index contributed by atoms with van der Waals surface area (Å²) in [6, 6.07) is 8.70. The zero-order valence-electron chi connectivity index (χ0n) is 10.0. The van der Waals surface area contributed by atoms with Crippen LogP contribution in [0.1, 0.15) is 18.1 Å². The third kappa shape index (κ3) is 4.02. The molecule has 0 aromatic heterocycles. The van der Waals surface area contributed by atoms with E-state index >= 15 is 0 Å². The molecule has 0 radical (unpaired) electrons. The van der Waals surface area contributed by atoms with E-state index in [0.29, 0.717) is 0 Å². The molecule has 15 heavy (non-hydrogen) atoms. The van der Waals surface area contributed by atoms with Crippen molar-refractivity contribution in [3.05, 3.63) is 35.4 Å². The fraction of sp³-hybridized carbons (Fsp3) is 0.538. The zero-order valence-corrected chi connectivity index (χ0v) is 10.0. The van der Waals surface area contributed by atoms with Gasteiger partial charge >= 0.3 is 0 Å². The summed E-state index contributed by atoms with van der Waals surface area (Å²) in [6.45, 7) is 6.32. The summed E-state index contributed by atoms with van der Waals surface area (Å²) in [7, 11) is 2.11. The van der Waals surface area contributed by atoms with E-state index < -0.39 is 0 Å². The Morgan fingerprint density at radius 3 is 2.60 bits per heavy atom. The van der Waals surface area contributed by atoms with Gasteiger partial charge in [-0.3, -0.25) is 0 Å². The van der Waals surface area contributed by atoms with Gasteiger partial charge in [0.2, 0.25) is 0 Å². The molecule has 84 valence electrons. The molecule has 0 fully saturated rings. The predicted molar refractivity (Wildman–Crippen MR) is 66.0 cm³/mol. The van der Waals surface area contributed by atoms with Gasteiger partial charge in [0, 0.05) is 12.6 Å². The van der Waals surface area contributed by atoms with Gasteiger partial charge in [-0.2, -0.15) is 0 Å². The molecule has 0 amide bonds. The Hall–Kier alpha value is -0.860. The van der Waals surface area contributed by atoms with Crippen LogP contribution in [0.3, 0.4) is 0 Å². The second-order valence-electron chi connectivity index (χ2n) is 4.25. The SMILES string of the molecule is CCN(C)C[C@H](N)Cc1ccccc1C. The molecule has 0 unspecified atom stereocenters. The molecule has 0 aliphatic heterocycles. The van der Waals surface area contributed by atoms with E-state index in [9.17, 15) is 0 Å². The molecule has 2 N–H and O–H groups in total. The monoisotopic (exact) mass is 206 g/mol. The first-order valence-corrected chi connectivity index (χ1v) is 5.62. The van der Waals surface area contributed by atoms with E-state index in [1.54, 1.807) is 0 Å². The Bertz CT molecular complexity index is 296. The van der Waals surface area contributed by atoms with Crippen molar-refractivity contribution in [2.45, 2.75) is 26.3 Å². The number of rotatable bonds is 5. The van der Waals surface area contributed by atoms with E-state index in [0.717, 1.165) is 19.5 Å². The van der Waals surface area contributed by atoms with Gasteiger partial charge < -0.3 is 10.6 Å². The molecule has 0 aliphatic carbocycles. The smallest absolute Gasteiger partial charge is 0.0208 e. The minimum atomic E-state index is 0.232. The van der Waals surface area contributed by atoms with Crippen molar-refractivity contribution in [2.24, 2.45) is 5.73 Å². The summed E-state index contributed by atoms with van der Waals surface area (Å²) < 4.78 is 0.